The summed E-state index contributed by atoms with van der Waals surface area (Å²) in [7, 11) is 0. The van der Waals surface area contributed by atoms with Crippen LogP contribution >= 0.6 is 0 Å². The third-order valence-electron chi connectivity index (χ3n) is 5.42. The van der Waals surface area contributed by atoms with E-state index in [0.29, 0.717) is 5.75 Å². The highest BCUT2D eigenvalue weighted by molar-refractivity contribution is 5.91. The van der Waals surface area contributed by atoms with Gasteiger partial charge in [-0.05, 0) is 29.8 Å². The van der Waals surface area contributed by atoms with E-state index in [1.54, 1.807) is 28.8 Å². The first-order valence-corrected chi connectivity index (χ1v) is 10.3. The number of hydrogen-bond donors (Lipinski definition) is 0. The first-order chi connectivity index (χ1) is 15.7. The highest BCUT2D eigenvalue weighted by Crippen LogP contribution is 2.42. The molecule has 0 N–H and O–H groups in total. The third kappa shape index (κ3) is 3.69. The Morgan fingerprint density at radius 2 is 1.59 bits per heavy atom. The van der Waals surface area contributed by atoms with E-state index in [0.717, 1.165) is 22.2 Å². The van der Waals surface area contributed by atoms with E-state index in [4.69, 9.17) is 9.57 Å². The lowest BCUT2D eigenvalue weighted by Gasteiger charge is -2.24. The number of nitrogens with zero attached hydrogens (tertiary/aromatic N) is 2. The molecule has 0 amide bonds. The average molecular weight is 424 g/mol. The van der Waals surface area contributed by atoms with Gasteiger partial charge in [-0.25, -0.2) is 9.86 Å². The first-order valence-electron chi connectivity index (χ1n) is 10.3. The molecule has 1 atom stereocenters. The van der Waals surface area contributed by atoms with Gasteiger partial charge in [0.2, 0.25) is 5.82 Å². The number of esters is 1. The lowest BCUT2D eigenvalue weighted by molar-refractivity contribution is -0.157. The fourth-order valence-electron chi connectivity index (χ4n) is 3.99. The van der Waals surface area contributed by atoms with Crippen LogP contribution in [0, 0.1) is 0 Å². The Kier molecular flexibility index (Phi) is 5.30. The minimum absolute atomic E-state index is 0.00514. The Bertz CT molecular complexity index is 1310. The van der Waals surface area contributed by atoms with Crippen molar-refractivity contribution >= 4 is 28.6 Å². The van der Waals surface area contributed by atoms with E-state index in [2.05, 4.69) is 0 Å². The number of ether oxygens (including phenoxy) is 1. The van der Waals surface area contributed by atoms with E-state index >= 15 is 0 Å². The zero-order chi connectivity index (χ0) is 21.9. The summed E-state index contributed by atoms with van der Waals surface area (Å²) in [5, 5.41) is 2.45. The van der Waals surface area contributed by atoms with Gasteiger partial charge in [-0.3, -0.25) is 14.2 Å². The summed E-state index contributed by atoms with van der Waals surface area (Å²) in [6.45, 7) is 0.249. The standard InChI is InChI=1S/C26H20N2O4/c29-17-25-27-22-14-8-7-11-20(22)15-23(27)24(16-26(30)32-21-12-5-2-6-13-21)28(25)31-18-19-9-3-1-4-10-19/h1-15,24H,16,18H2. The van der Waals surface area contributed by atoms with Gasteiger partial charge in [0.25, 0.3) is 0 Å². The number of carbonyl (C=O) groups excluding carboxylic acids is 2. The summed E-state index contributed by atoms with van der Waals surface area (Å²) in [6.07, 6.45) is 0.00514. The van der Waals surface area contributed by atoms with Crippen molar-refractivity contribution in [2.45, 2.75) is 19.1 Å². The molecule has 0 saturated carbocycles. The molecule has 1 unspecified atom stereocenters. The molecule has 158 valence electrons. The van der Waals surface area contributed by atoms with Crippen molar-refractivity contribution in [2.24, 2.45) is 0 Å². The van der Waals surface area contributed by atoms with Crippen LogP contribution in [-0.4, -0.2) is 21.5 Å². The molecule has 0 fully saturated rings. The van der Waals surface area contributed by atoms with Gasteiger partial charge < -0.3 is 4.74 Å². The van der Waals surface area contributed by atoms with Crippen molar-refractivity contribution in [3.8, 4) is 5.75 Å². The van der Waals surface area contributed by atoms with Gasteiger partial charge in [-0.2, -0.15) is 0 Å². The van der Waals surface area contributed by atoms with E-state index in [1.165, 1.54) is 5.06 Å². The molecule has 4 aromatic rings. The van der Waals surface area contributed by atoms with Gasteiger partial charge in [-0.15, -0.1) is 0 Å². The Labute approximate surface area is 184 Å². The maximum atomic E-state index is 12.8. The van der Waals surface area contributed by atoms with Crippen LogP contribution in [0.3, 0.4) is 0 Å². The minimum Gasteiger partial charge on any atom is -0.426 e. The summed E-state index contributed by atoms with van der Waals surface area (Å²) < 4.78 is 7.31. The second-order valence-electron chi connectivity index (χ2n) is 7.48. The molecule has 0 bridgehead atoms. The highest BCUT2D eigenvalue weighted by Gasteiger charge is 2.39. The van der Waals surface area contributed by atoms with Crippen LogP contribution in [0.4, 0.5) is 0 Å². The number of fused-ring (bicyclic) bond motifs is 3. The Morgan fingerprint density at radius 3 is 2.34 bits per heavy atom. The van der Waals surface area contributed by atoms with Crippen LogP contribution in [0.1, 0.15) is 23.7 Å². The van der Waals surface area contributed by atoms with Crippen molar-refractivity contribution in [3.63, 3.8) is 0 Å². The Balaban J connectivity index is 1.48. The quantitative estimate of drug-likeness (QED) is 0.254. The predicted octanol–water partition coefficient (Wildman–Crippen LogP) is 4.76. The number of aromatic nitrogens is 1. The molecule has 2 heterocycles. The average Bonchev–Trinajstić information content (AvgIpc) is 3.33. The first kappa shape index (κ1) is 19.8. The van der Waals surface area contributed by atoms with Gasteiger partial charge in [0.05, 0.1) is 17.6 Å². The summed E-state index contributed by atoms with van der Waals surface area (Å²) in [5.41, 5.74) is 2.58. The normalized spacial score (nSPS) is 14.9. The number of para-hydroxylation sites is 2. The molecular formula is C26H20N2O4. The number of rotatable bonds is 6. The number of hydrogen-bond acceptors (Lipinski definition) is 5. The molecule has 32 heavy (non-hydrogen) atoms. The van der Waals surface area contributed by atoms with E-state index in [9.17, 15) is 9.59 Å². The van der Waals surface area contributed by atoms with Crippen LogP contribution in [-0.2, 0) is 21.0 Å². The molecule has 0 spiro atoms. The summed E-state index contributed by atoms with van der Waals surface area (Å²) in [6, 6.07) is 27.7. The zero-order valence-corrected chi connectivity index (χ0v) is 17.2. The monoisotopic (exact) mass is 424 g/mol. The van der Waals surface area contributed by atoms with Crippen LogP contribution in [0.15, 0.2) is 91.0 Å². The number of hydroxylamine groups is 2. The third-order valence-corrected chi connectivity index (χ3v) is 5.42. The fourth-order valence-corrected chi connectivity index (χ4v) is 3.99. The largest absolute Gasteiger partial charge is 0.426 e. The van der Waals surface area contributed by atoms with E-state index in [1.807, 2.05) is 72.7 Å². The van der Waals surface area contributed by atoms with Crippen molar-refractivity contribution in [2.75, 3.05) is 0 Å². The lowest BCUT2D eigenvalue weighted by atomic mass is 10.1. The number of carbonyl (C=O) groups is 1. The summed E-state index contributed by atoms with van der Waals surface area (Å²) in [4.78, 5) is 30.9. The molecule has 6 heteroatoms. The predicted molar refractivity (Wildman–Crippen MR) is 120 cm³/mol. The van der Waals surface area contributed by atoms with Gasteiger partial charge in [-0.1, -0.05) is 66.7 Å². The topological polar surface area (TPSA) is 60.8 Å². The smallest absolute Gasteiger partial charge is 0.313 e. The molecule has 1 aliphatic rings. The van der Waals surface area contributed by atoms with Crippen molar-refractivity contribution < 1.29 is 19.2 Å². The molecule has 0 aliphatic carbocycles. The van der Waals surface area contributed by atoms with Gasteiger partial charge >= 0.3 is 5.97 Å². The summed E-state index contributed by atoms with van der Waals surface area (Å²) >= 11 is 0. The van der Waals surface area contributed by atoms with Gasteiger partial charge in [0.15, 0.2) is 5.94 Å². The van der Waals surface area contributed by atoms with Crippen LogP contribution in [0.5, 0.6) is 5.75 Å². The lowest BCUT2D eigenvalue weighted by Crippen LogP contribution is -2.26. The molecule has 1 aromatic heterocycles. The second-order valence-corrected chi connectivity index (χ2v) is 7.48. The number of benzene rings is 3. The molecule has 1 aliphatic heterocycles. The van der Waals surface area contributed by atoms with Crippen LogP contribution in [0.25, 0.3) is 16.7 Å². The molecule has 3 aromatic carbocycles. The molecule has 5 rings (SSSR count). The molecule has 0 saturated heterocycles. The molecule has 6 nitrogen and oxygen atoms in total. The maximum absolute atomic E-state index is 12.8. The second kappa shape index (κ2) is 8.55. The Morgan fingerprint density at radius 1 is 0.906 bits per heavy atom. The zero-order valence-electron chi connectivity index (χ0n) is 17.2. The van der Waals surface area contributed by atoms with E-state index < -0.39 is 12.0 Å². The van der Waals surface area contributed by atoms with Crippen molar-refractivity contribution in [1.29, 1.82) is 0 Å². The molecule has 0 radical (unpaired) electrons. The fraction of sp³-hybridized carbons (Fsp3) is 0.115. The van der Waals surface area contributed by atoms with Crippen LogP contribution < -0.4 is 4.74 Å². The van der Waals surface area contributed by atoms with E-state index in [-0.39, 0.29) is 18.8 Å². The maximum Gasteiger partial charge on any atom is 0.313 e. The van der Waals surface area contributed by atoms with Crippen molar-refractivity contribution in [3.05, 3.63) is 102 Å². The van der Waals surface area contributed by atoms with Gasteiger partial charge in [0.1, 0.15) is 18.4 Å². The SMILES string of the molecule is O=C=C1N(OCc2ccccc2)C(CC(=O)Oc2ccccc2)c2cc3ccccc3n21. The van der Waals surface area contributed by atoms with Crippen LogP contribution in [0.2, 0.25) is 0 Å². The highest BCUT2D eigenvalue weighted by atomic mass is 16.7. The minimum atomic E-state index is -0.529. The summed E-state index contributed by atoms with van der Waals surface area (Å²) in [5.74, 6) is 2.29. The molecular weight excluding hydrogens is 404 g/mol. The van der Waals surface area contributed by atoms with Gasteiger partial charge in [0, 0.05) is 5.39 Å². The Hall–Kier alpha value is -4.12. The van der Waals surface area contributed by atoms with Crippen molar-refractivity contribution in [1.82, 2.24) is 9.63 Å².